The lowest BCUT2D eigenvalue weighted by atomic mass is 9.77. The number of halogens is 4. The van der Waals surface area contributed by atoms with Crippen LogP contribution in [0.1, 0.15) is 44.0 Å². The molecule has 0 spiro atoms. The molecule has 160 valence electrons. The van der Waals surface area contributed by atoms with Crippen LogP contribution in [0.25, 0.3) is 11.3 Å². The Morgan fingerprint density at radius 3 is 2.65 bits per heavy atom. The van der Waals surface area contributed by atoms with Crippen molar-refractivity contribution in [1.29, 1.82) is 0 Å². The molecule has 0 amide bonds. The molecule has 2 N–H and O–H groups in total. The summed E-state index contributed by atoms with van der Waals surface area (Å²) < 4.78 is 45.9. The van der Waals surface area contributed by atoms with Crippen molar-refractivity contribution >= 4 is 23.4 Å². The fraction of sp³-hybridized carbons (Fsp3) is 0.227. The zero-order valence-corrected chi connectivity index (χ0v) is 16.9. The van der Waals surface area contributed by atoms with Gasteiger partial charge in [0.25, 0.3) is 5.92 Å². The summed E-state index contributed by atoms with van der Waals surface area (Å²) in [6, 6.07) is 7.66. The molecule has 1 heterocycles. The van der Waals surface area contributed by atoms with Gasteiger partial charge in [0.05, 0.1) is 22.1 Å². The number of Topliss-reactive ketones (excluding diaryl/α,β-unsaturated/α-hetero) is 1. The minimum Gasteiger partial charge on any atom is -0.478 e. The number of hydrogen-bond donors (Lipinski definition) is 2. The summed E-state index contributed by atoms with van der Waals surface area (Å²) >= 11 is 6.12. The maximum atomic E-state index is 15.6. The highest BCUT2D eigenvalue weighted by Gasteiger charge is 2.52. The van der Waals surface area contributed by atoms with E-state index in [1.807, 2.05) is 0 Å². The number of aromatic nitrogens is 2. The fourth-order valence-electron chi connectivity index (χ4n) is 4.01. The highest BCUT2D eigenvalue weighted by Crippen LogP contribution is 2.49. The van der Waals surface area contributed by atoms with Crippen LogP contribution in [0.15, 0.2) is 36.4 Å². The van der Waals surface area contributed by atoms with Crippen LogP contribution in [-0.4, -0.2) is 27.1 Å². The molecule has 1 aliphatic rings. The van der Waals surface area contributed by atoms with Crippen LogP contribution < -0.4 is 0 Å². The molecule has 1 atom stereocenters. The summed E-state index contributed by atoms with van der Waals surface area (Å²) in [5.41, 5.74) is -0.849. The number of carboxylic acid groups (broad SMARTS) is 1. The summed E-state index contributed by atoms with van der Waals surface area (Å²) in [5, 5.41) is 15.5. The topological polar surface area (TPSA) is 83.0 Å². The molecule has 4 rings (SSSR count). The van der Waals surface area contributed by atoms with Gasteiger partial charge in [0.2, 0.25) is 0 Å². The number of alkyl halides is 2. The lowest BCUT2D eigenvalue weighted by Gasteiger charge is -2.31. The van der Waals surface area contributed by atoms with Crippen molar-refractivity contribution in [3.63, 3.8) is 0 Å². The highest BCUT2D eigenvalue weighted by molar-refractivity contribution is 6.34. The Morgan fingerprint density at radius 2 is 2.00 bits per heavy atom. The SMILES string of the molecule is Cc1cccc(Cl)c1C(=O)C1CCc2[nH]nc(-c3ccc(C(=O)O)cc3F)c2C1(F)F. The van der Waals surface area contributed by atoms with Gasteiger partial charge in [-0.2, -0.15) is 5.10 Å². The molecular formula is C22H16ClF3N2O3. The maximum Gasteiger partial charge on any atom is 0.335 e. The van der Waals surface area contributed by atoms with E-state index >= 15 is 8.78 Å². The van der Waals surface area contributed by atoms with E-state index in [1.165, 1.54) is 6.07 Å². The van der Waals surface area contributed by atoms with E-state index < -0.39 is 35.0 Å². The average molecular weight is 449 g/mol. The lowest BCUT2D eigenvalue weighted by Crippen LogP contribution is -2.37. The number of rotatable bonds is 4. The van der Waals surface area contributed by atoms with Crippen LogP contribution in [0.5, 0.6) is 0 Å². The number of fused-ring (bicyclic) bond motifs is 1. The van der Waals surface area contributed by atoms with Crippen molar-refractivity contribution in [1.82, 2.24) is 10.2 Å². The number of aromatic carboxylic acids is 1. The van der Waals surface area contributed by atoms with Crippen LogP contribution in [0, 0.1) is 18.7 Å². The first kappa shape index (κ1) is 21.1. The number of hydrogen-bond acceptors (Lipinski definition) is 3. The number of carboxylic acids is 1. The first-order valence-corrected chi connectivity index (χ1v) is 9.78. The number of aromatic amines is 1. The monoisotopic (exact) mass is 448 g/mol. The molecule has 0 saturated heterocycles. The predicted octanol–water partition coefficient (Wildman–Crippen LogP) is 5.41. The molecule has 0 fully saturated rings. The van der Waals surface area contributed by atoms with E-state index in [2.05, 4.69) is 10.2 Å². The Balaban J connectivity index is 1.80. The summed E-state index contributed by atoms with van der Waals surface area (Å²) in [7, 11) is 0. The number of ketones is 1. The smallest absolute Gasteiger partial charge is 0.335 e. The van der Waals surface area contributed by atoms with Gasteiger partial charge in [0.1, 0.15) is 11.5 Å². The zero-order valence-electron chi connectivity index (χ0n) is 16.2. The molecule has 0 bridgehead atoms. The molecule has 0 radical (unpaired) electrons. The minimum atomic E-state index is -3.64. The second-order valence-electron chi connectivity index (χ2n) is 7.44. The molecule has 1 aliphatic carbocycles. The standard InChI is InChI=1S/C22H16ClF3N2O3/c1-10-3-2-4-14(23)17(10)20(29)13-7-8-16-18(22(13,25)26)19(28-27-16)12-6-5-11(21(30)31)9-15(12)24/h2-6,9,13H,7-8H2,1H3,(H,27,28)(H,30,31). The number of aryl methyl sites for hydroxylation is 2. The van der Waals surface area contributed by atoms with Crippen molar-refractivity contribution in [3.8, 4) is 11.3 Å². The summed E-state index contributed by atoms with van der Waals surface area (Å²) in [6.45, 7) is 1.62. The fourth-order valence-corrected chi connectivity index (χ4v) is 4.33. The number of benzene rings is 2. The van der Waals surface area contributed by atoms with E-state index in [1.54, 1.807) is 19.1 Å². The lowest BCUT2D eigenvalue weighted by molar-refractivity contribution is -0.0606. The van der Waals surface area contributed by atoms with Gasteiger partial charge in [-0.15, -0.1) is 0 Å². The van der Waals surface area contributed by atoms with Gasteiger partial charge in [0, 0.05) is 16.8 Å². The maximum absolute atomic E-state index is 15.6. The second-order valence-corrected chi connectivity index (χ2v) is 7.84. The Bertz CT molecular complexity index is 1200. The highest BCUT2D eigenvalue weighted by atomic mass is 35.5. The number of H-pyrrole nitrogens is 1. The molecular weight excluding hydrogens is 433 g/mol. The van der Waals surface area contributed by atoms with E-state index in [-0.39, 0.29) is 45.9 Å². The Labute approximate surface area is 179 Å². The molecule has 2 aromatic carbocycles. The third-order valence-electron chi connectivity index (χ3n) is 5.55. The largest absolute Gasteiger partial charge is 0.478 e. The third-order valence-corrected chi connectivity index (χ3v) is 5.87. The van der Waals surface area contributed by atoms with Crippen LogP contribution in [-0.2, 0) is 12.3 Å². The minimum absolute atomic E-state index is 0.0410. The molecule has 3 aromatic rings. The normalized spacial score (nSPS) is 17.3. The number of carbonyl (C=O) groups excluding carboxylic acids is 1. The Kier molecular flexibility index (Phi) is 5.13. The third kappa shape index (κ3) is 3.40. The summed E-state index contributed by atoms with van der Waals surface area (Å²) in [5.74, 6) is -8.47. The van der Waals surface area contributed by atoms with E-state index in [4.69, 9.17) is 16.7 Å². The van der Waals surface area contributed by atoms with Gasteiger partial charge in [-0.25, -0.2) is 18.0 Å². The van der Waals surface area contributed by atoms with Crippen LogP contribution in [0.3, 0.4) is 0 Å². The molecule has 1 unspecified atom stereocenters. The van der Waals surface area contributed by atoms with Crippen LogP contribution in [0.2, 0.25) is 5.02 Å². The summed E-state index contributed by atoms with van der Waals surface area (Å²) in [6.07, 6.45) is -0.0157. The number of nitrogens with zero attached hydrogens (tertiary/aromatic N) is 1. The van der Waals surface area contributed by atoms with E-state index in [9.17, 15) is 14.0 Å². The molecule has 0 saturated carbocycles. The van der Waals surface area contributed by atoms with E-state index in [0.717, 1.165) is 18.2 Å². The molecule has 31 heavy (non-hydrogen) atoms. The van der Waals surface area contributed by atoms with Crippen LogP contribution in [0.4, 0.5) is 13.2 Å². The number of carbonyl (C=O) groups is 2. The van der Waals surface area contributed by atoms with Crippen molar-refractivity contribution in [2.75, 3.05) is 0 Å². The van der Waals surface area contributed by atoms with Gasteiger partial charge < -0.3 is 5.11 Å². The van der Waals surface area contributed by atoms with Crippen molar-refractivity contribution in [3.05, 3.63) is 75.2 Å². The zero-order chi connectivity index (χ0) is 22.5. The van der Waals surface area contributed by atoms with Crippen molar-refractivity contribution in [2.24, 2.45) is 5.92 Å². The van der Waals surface area contributed by atoms with Gasteiger partial charge in [0.15, 0.2) is 5.78 Å². The molecule has 0 aliphatic heterocycles. The predicted molar refractivity (Wildman–Crippen MR) is 107 cm³/mol. The van der Waals surface area contributed by atoms with E-state index in [0.29, 0.717) is 5.56 Å². The second kappa shape index (κ2) is 7.53. The number of nitrogens with one attached hydrogen (secondary N) is 1. The van der Waals surface area contributed by atoms with Gasteiger partial charge in [-0.05, 0) is 49.6 Å². The van der Waals surface area contributed by atoms with Gasteiger partial charge >= 0.3 is 5.97 Å². The van der Waals surface area contributed by atoms with Crippen molar-refractivity contribution < 1.29 is 27.9 Å². The van der Waals surface area contributed by atoms with Gasteiger partial charge in [-0.1, -0.05) is 23.7 Å². The first-order chi connectivity index (χ1) is 14.6. The Hall–Kier alpha value is -3.13. The average Bonchev–Trinajstić information content (AvgIpc) is 3.13. The van der Waals surface area contributed by atoms with Crippen LogP contribution >= 0.6 is 11.6 Å². The van der Waals surface area contributed by atoms with Crippen molar-refractivity contribution in [2.45, 2.75) is 25.7 Å². The summed E-state index contributed by atoms with van der Waals surface area (Å²) in [4.78, 5) is 24.1. The van der Waals surface area contributed by atoms with Gasteiger partial charge in [-0.3, -0.25) is 9.89 Å². The molecule has 1 aromatic heterocycles. The Morgan fingerprint density at radius 1 is 1.26 bits per heavy atom. The molecule has 9 heteroatoms. The molecule has 5 nitrogen and oxygen atoms in total. The first-order valence-electron chi connectivity index (χ1n) is 9.41. The quantitative estimate of drug-likeness (QED) is 0.522.